The number of nitrogens with one attached hydrogen (secondary N) is 2. The Labute approximate surface area is 114 Å². The van der Waals surface area contributed by atoms with Crippen LogP contribution >= 0.6 is 0 Å². The molecular weight excluding hydrogens is 242 g/mol. The van der Waals surface area contributed by atoms with Crippen molar-refractivity contribution in [2.24, 2.45) is 5.73 Å². The molecule has 1 aromatic rings. The molecule has 0 bridgehead atoms. The van der Waals surface area contributed by atoms with Crippen LogP contribution in [0.3, 0.4) is 0 Å². The number of amides is 1. The Morgan fingerprint density at radius 2 is 2.05 bits per heavy atom. The summed E-state index contributed by atoms with van der Waals surface area (Å²) in [6, 6.07) is -0.477. The highest BCUT2D eigenvalue weighted by atomic mass is 16.1. The van der Waals surface area contributed by atoms with Gasteiger partial charge < -0.3 is 16.0 Å². The number of aryl methyl sites for hydroxylation is 2. The van der Waals surface area contributed by atoms with E-state index in [1.807, 2.05) is 13.8 Å². The molecule has 4 N–H and O–H groups in total. The first-order chi connectivity index (χ1) is 9.01. The average Bonchev–Trinajstić information content (AvgIpc) is 2.70. The van der Waals surface area contributed by atoms with Gasteiger partial charge in [0.2, 0.25) is 5.91 Å². The minimum Gasteiger partial charge on any atom is -0.368 e. The topological polar surface area (TPSA) is 87.0 Å². The van der Waals surface area contributed by atoms with Crippen molar-refractivity contribution in [3.8, 4) is 0 Å². The molecule has 0 fully saturated rings. The zero-order valence-corrected chi connectivity index (χ0v) is 12.3. The highest BCUT2D eigenvalue weighted by molar-refractivity contribution is 5.82. The smallest absolute Gasteiger partial charge is 0.239 e. The van der Waals surface area contributed by atoms with Gasteiger partial charge in [0.25, 0.3) is 0 Å². The zero-order valence-electron chi connectivity index (χ0n) is 12.3. The van der Waals surface area contributed by atoms with Crippen molar-refractivity contribution in [2.45, 2.75) is 33.7 Å². The molecule has 6 nitrogen and oxygen atoms in total. The number of likely N-dealkylation sites (N-methyl/N-ethyl adjacent to an activating group) is 1. The van der Waals surface area contributed by atoms with Crippen LogP contribution in [0.2, 0.25) is 0 Å². The molecule has 108 valence electrons. The Hall–Kier alpha value is -1.40. The Kier molecular flexibility index (Phi) is 5.98. The number of hydrogen-bond acceptors (Lipinski definition) is 4. The largest absolute Gasteiger partial charge is 0.368 e. The predicted octanol–water partition coefficient (Wildman–Crippen LogP) is 0.484. The number of rotatable bonds is 8. The molecule has 0 aliphatic carbocycles. The Bertz CT molecular complexity index is 392. The van der Waals surface area contributed by atoms with Crippen molar-refractivity contribution < 1.29 is 4.79 Å². The highest BCUT2D eigenvalue weighted by Crippen LogP contribution is 2.19. The minimum absolute atomic E-state index is 0.368. The Balaban J connectivity index is 2.67. The lowest BCUT2D eigenvalue weighted by molar-refractivity contribution is -0.120. The standard InChI is InChI=1S/C13H25N5O/c1-5-18(6-2)8-7-15-12(13(14)19)11-9(3)16-17-10(11)4/h12,15H,5-8H2,1-4H3,(H2,14,19)(H,16,17). The summed E-state index contributed by atoms with van der Waals surface area (Å²) < 4.78 is 0. The summed E-state index contributed by atoms with van der Waals surface area (Å²) in [5, 5.41) is 10.2. The van der Waals surface area contributed by atoms with Gasteiger partial charge in [0.15, 0.2) is 0 Å². The fourth-order valence-electron chi connectivity index (χ4n) is 2.24. The van der Waals surface area contributed by atoms with E-state index < -0.39 is 6.04 Å². The van der Waals surface area contributed by atoms with Gasteiger partial charge in [-0.25, -0.2) is 0 Å². The van der Waals surface area contributed by atoms with Crippen LogP contribution in [-0.2, 0) is 4.79 Å². The first kappa shape index (κ1) is 15.7. The maximum Gasteiger partial charge on any atom is 0.239 e. The number of H-pyrrole nitrogens is 1. The van der Waals surface area contributed by atoms with Crippen LogP contribution in [0.25, 0.3) is 0 Å². The number of nitrogens with two attached hydrogens (primary N) is 1. The quantitative estimate of drug-likeness (QED) is 0.639. The fraction of sp³-hybridized carbons (Fsp3) is 0.692. The number of nitrogens with zero attached hydrogens (tertiary/aromatic N) is 2. The molecule has 1 heterocycles. The monoisotopic (exact) mass is 267 g/mol. The van der Waals surface area contributed by atoms with Crippen LogP contribution in [-0.4, -0.2) is 47.2 Å². The van der Waals surface area contributed by atoms with Gasteiger partial charge in [-0.15, -0.1) is 0 Å². The number of carbonyl (C=O) groups excluding carboxylic acids is 1. The van der Waals surface area contributed by atoms with Gasteiger partial charge in [-0.05, 0) is 26.9 Å². The third-order valence-electron chi connectivity index (χ3n) is 3.43. The molecule has 1 rings (SSSR count). The van der Waals surface area contributed by atoms with Gasteiger partial charge in [0, 0.05) is 24.3 Å². The second-order valence-electron chi connectivity index (χ2n) is 4.66. The summed E-state index contributed by atoms with van der Waals surface area (Å²) in [5.41, 5.74) is 8.06. The van der Waals surface area contributed by atoms with Crippen LogP contribution in [0.5, 0.6) is 0 Å². The molecule has 0 radical (unpaired) electrons. The minimum atomic E-state index is -0.477. The third-order valence-corrected chi connectivity index (χ3v) is 3.43. The molecule has 1 amide bonds. The van der Waals surface area contributed by atoms with E-state index in [0.29, 0.717) is 0 Å². The maximum absolute atomic E-state index is 11.6. The van der Waals surface area contributed by atoms with Gasteiger partial charge in [0.05, 0.1) is 5.69 Å². The average molecular weight is 267 g/mol. The highest BCUT2D eigenvalue weighted by Gasteiger charge is 2.23. The molecule has 0 aliphatic rings. The molecule has 19 heavy (non-hydrogen) atoms. The molecule has 0 aliphatic heterocycles. The summed E-state index contributed by atoms with van der Waals surface area (Å²) in [4.78, 5) is 13.9. The first-order valence-electron chi connectivity index (χ1n) is 6.77. The van der Waals surface area contributed by atoms with Crippen molar-refractivity contribution in [3.63, 3.8) is 0 Å². The van der Waals surface area contributed by atoms with E-state index in [2.05, 4.69) is 34.3 Å². The second kappa shape index (κ2) is 7.25. The molecule has 0 spiro atoms. The fourth-order valence-corrected chi connectivity index (χ4v) is 2.24. The molecule has 1 atom stereocenters. The van der Waals surface area contributed by atoms with Crippen molar-refractivity contribution >= 4 is 5.91 Å². The van der Waals surface area contributed by atoms with Gasteiger partial charge in [-0.2, -0.15) is 5.10 Å². The molecule has 1 aromatic heterocycles. The van der Waals surface area contributed by atoms with Crippen molar-refractivity contribution in [1.82, 2.24) is 20.4 Å². The zero-order chi connectivity index (χ0) is 14.4. The van der Waals surface area contributed by atoms with Crippen LogP contribution < -0.4 is 11.1 Å². The number of carbonyl (C=O) groups is 1. The van der Waals surface area contributed by atoms with Crippen molar-refractivity contribution in [3.05, 3.63) is 17.0 Å². The van der Waals surface area contributed by atoms with Gasteiger partial charge in [-0.3, -0.25) is 9.89 Å². The van der Waals surface area contributed by atoms with Gasteiger partial charge >= 0.3 is 0 Å². The lowest BCUT2D eigenvalue weighted by atomic mass is 10.0. The van der Waals surface area contributed by atoms with E-state index in [1.165, 1.54) is 0 Å². The molecule has 1 unspecified atom stereocenters. The normalized spacial score (nSPS) is 12.9. The maximum atomic E-state index is 11.6. The number of aromatic amines is 1. The third kappa shape index (κ3) is 4.04. The van der Waals surface area contributed by atoms with Crippen LogP contribution in [0.1, 0.15) is 36.8 Å². The van der Waals surface area contributed by atoms with Crippen molar-refractivity contribution in [1.29, 1.82) is 0 Å². The number of hydrogen-bond donors (Lipinski definition) is 3. The number of aromatic nitrogens is 2. The molecular formula is C13H25N5O. The van der Waals surface area contributed by atoms with E-state index in [0.717, 1.165) is 43.1 Å². The second-order valence-corrected chi connectivity index (χ2v) is 4.66. The summed E-state index contributed by atoms with van der Waals surface area (Å²) >= 11 is 0. The Morgan fingerprint density at radius 1 is 1.42 bits per heavy atom. The van der Waals surface area contributed by atoms with Crippen LogP contribution in [0.15, 0.2) is 0 Å². The van der Waals surface area contributed by atoms with Gasteiger partial charge in [0.1, 0.15) is 6.04 Å². The van der Waals surface area contributed by atoms with E-state index >= 15 is 0 Å². The molecule has 6 heteroatoms. The first-order valence-corrected chi connectivity index (χ1v) is 6.77. The Morgan fingerprint density at radius 3 is 2.47 bits per heavy atom. The lowest BCUT2D eigenvalue weighted by Crippen LogP contribution is -2.39. The van der Waals surface area contributed by atoms with Gasteiger partial charge in [-0.1, -0.05) is 13.8 Å². The van der Waals surface area contributed by atoms with Crippen LogP contribution in [0.4, 0.5) is 0 Å². The summed E-state index contributed by atoms with van der Waals surface area (Å²) in [5.74, 6) is -0.368. The van der Waals surface area contributed by atoms with E-state index in [9.17, 15) is 4.79 Å². The van der Waals surface area contributed by atoms with Crippen LogP contribution in [0, 0.1) is 13.8 Å². The summed E-state index contributed by atoms with van der Waals surface area (Å²) in [7, 11) is 0. The summed E-state index contributed by atoms with van der Waals surface area (Å²) in [6.07, 6.45) is 0. The predicted molar refractivity (Wildman–Crippen MR) is 75.8 cm³/mol. The summed E-state index contributed by atoms with van der Waals surface area (Å²) in [6.45, 7) is 11.6. The SMILES string of the molecule is CCN(CC)CCNC(C(N)=O)c1c(C)n[nH]c1C. The molecule has 0 saturated carbocycles. The van der Waals surface area contributed by atoms with Crippen molar-refractivity contribution in [2.75, 3.05) is 26.2 Å². The van der Waals surface area contributed by atoms with E-state index in [1.54, 1.807) is 0 Å². The molecule has 0 aromatic carbocycles. The van der Waals surface area contributed by atoms with E-state index in [-0.39, 0.29) is 5.91 Å². The lowest BCUT2D eigenvalue weighted by Gasteiger charge is -2.21. The molecule has 0 saturated heterocycles. The van der Waals surface area contributed by atoms with E-state index in [4.69, 9.17) is 5.73 Å². The number of primary amides is 1.